The molecule has 0 unspecified atom stereocenters. The molecule has 7 heteroatoms. The highest BCUT2D eigenvalue weighted by Crippen LogP contribution is 2.23. The Hall–Kier alpha value is -2.28. The maximum absolute atomic E-state index is 11.4. The normalized spacial score (nSPS) is 11.8. The molecule has 0 aliphatic rings. The van der Waals surface area contributed by atoms with Gasteiger partial charge in [0.15, 0.2) is 0 Å². The molecule has 6 nitrogen and oxygen atoms in total. The summed E-state index contributed by atoms with van der Waals surface area (Å²) in [7, 11) is -3.47. The molecule has 0 bridgehead atoms. The molecular formula is C12H9N3O3S. The third-order valence-electron chi connectivity index (χ3n) is 2.62. The molecule has 0 N–H and O–H groups in total. The number of hydrogen-bond donors (Lipinski definition) is 0. The van der Waals surface area contributed by atoms with Crippen molar-refractivity contribution in [1.29, 1.82) is 0 Å². The van der Waals surface area contributed by atoms with Gasteiger partial charge in [0.1, 0.15) is 5.58 Å². The van der Waals surface area contributed by atoms with Crippen LogP contribution in [0.15, 0.2) is 46.3 Å². The number of fused-ring (bicyclic) bond motifs is 1. The van der Waals surface area contributed by atoms with Crippen molar-refractivity contribution in [2.24, 2.45) is 0 Å². The van der Waals surface area contributed by atoms with Crippen LogP contribution >= 0.6 is 0 Å². The van der Waals surface area contributed by atoms with Crippen LogP contribution in [0.3, 0.4) is 0 Å². The average Bonchev–Trinajstić information content (AvgIpc) is 2.85. The Kier molecular flexibility index (Phi) is 2.56. The third kappa shape index (κ3) is 2.19. The van der Waals surface area contributed by atoms with Gasteiger partial charge in [-0.2, -0.15) is 5.10 Å². The Bertz CT molecular complexity index is 855. The van der Waals surface area contributed by atoms with E-state index in [0.717, 1.165) is 22.8 Å². The SMILES string of the molecule is CS(=O)(=O)c1nncc(-c2ccc3occc3c2)n1. The van der Waals surface area contributed by atoms with Gasteiger partial charge in [-0.25, -0.2) is 13.4 Å². The van der Waals surface area contributed by atoms with Crippen LogP contribution in [-0.2, 0) is 9.84 Å². The van der Waals surface area contributed by atoms with Crippen LogP contribution < -0.4 is 0 Å². The number of nitrogens with zero attached hydrogens (tertiary/aromatic N) is 3. The Morgan fingerprint density at radius 2 is 2.05 bits per heavy atom. The van der Waals surface area contributed by atoms with E-state index in [0.29, 0.717) is 5.69 Å². The summed E-state index contributed by atoms with van der Waals surface area (Å²) in [5, 5.41) is 7.83. The minimum Gasteiger partial charge on any atom is -0.464 e. The largest absolute Gasteiger partial charge is 0.464 e. The third-order valence-corrected chi connectivity index (χ3v) is 3.46. The number of furan rings is 1. The quantitative estimate of drug-likeness (QED) is 0.707. The van der Waals surface area contributed by atoms with E-state index in [4.69, 9.17) is 4.42 Å². The molecule has 96 valence electrons. The first-order valence-electron chi connectivity index (χ1n) is 5.41. The summed E-state index contributed by atoms with van der Waals surface area (Å²) in [4.78, 5) is 4.01. The summed E-state index contributed by atoms with van der Waals surface area (Å²) in [6, 6.07) is 7.27. The molecule has 2 aromatic heterocycles. The predicted octanol–water partition coefficient (Wildman–Crippen LogP) is 1.69. The van der Waals surface area contributed by atoms with E-state index >= 15 is 0 Å². The van der Waals surface area contributed by atoms with Gasteiger partial charge >= 0.3 is 0 Å². The number of hydrogen-bond acceptors (Lipinski definition) is 6. The highest BCUT2D eigenvalue weighted by atomic mass is 32.2. The van der Waals surface area contributed by atoms with E-state index in [1.165, 1.54) is 6.20 Å². The zero-order valence-electron chi connectivity index (χ0n) is 9.94. The standard InChI is InChI=1S/C12H9N3O3S/c1-19(16,17)12-14-10(7-13-15-12)8-2-3-11-9(6-8)4-5-18-11/h2-7H,1H3. The number of aromatic nitrogens is 3. The molecule has 2 heterocycles. The zero-order valence-corrected chi connectivity index (χ0v) is 10.8. The van der Waals surface area contributed by atoms with Crippen molar-refractivity contribution >= 4 is 20.8 Å². The molecule has 0 atom stereocenters. The number of sulfone groups is 1. The first-order chi connectivity index (χ1) is 9.04. The summed E-state index contributed by atoms with van der Waals surface area (Å²) in [6.45, 7) is 0. The van der Waals surface area contributed by atoms with Gasteiger partial charge in [0.2, 0.25) is 9.84 Å². The molecular weight excluding hydrogens is 266 g/mol. The van der Waals surface area contributed by atoms with Crippen LogP contribution in [0.5, 0.6) is 0 Å². The van der Waals surface area contributed by atoms with Crippen molar-refractivity contribution < 1.29 is 12.8 Å². The molecule has 0 radical (unpaired) electrons. The van der Waals surface area contributed by atoms with Crippen molar-refractivity contribution in [3.63, 3.8) is 0 Å². The Labute approximate surface area is 109 Å². The highest BCUT2D eigenvalue weighted by molar-refractivity contribution is 7.90. The van der Waals surface area contributed by atoms with E-state index in [2.05, 4.69) is 15.2 Å². The monoisotopic (exact) mass is 275 g/mol. The van der Waals surface area contributed by atoms with Gasteiger partial charge < -0.3 is 4.42 Å². The molecule has 0 fully saturated rings. The molecule has 0 spiro atoms. The molecule has 0 saturated carbocycles. The Morgan fingerprint density at radius 1 is 1.21 bits per heavy atom. The van der Waals surface area contributed by atoms with Crippen molar-refractivity contribution in [3.8, 4) is 11.3 Å². The minimum atomic E-state index is -3.47. The first-order valence-corrected chi connectivity index (χ1v) is 7.30. The van der Waals surface area contributed by atoms with Crippen LogP contribution in [0.2, 0.25) is 0 Å². The second-order valence-electron chi connectivity index (χ2n) is 4.07. The molecule has 0 aliphatic carbocycles. The topological polar surface area (TPSA) is 86.0 Å². The first kappa shape index (κ1) is 11.8. The van der Waals surface area contributed by atoms with Gasteiger partial charge in [-0.15, -0.1) is 5.10 Å². The van der Waals surface area contributed by atoms with Crippen molar-refractivity contribution in [3.05, 3.63) is 36.7 Å². The van der Waals surface area contributed by atoms with Gasteiger partial charge in [-0.1, -0.05) is 0 Å². The lowest BCUT2D eigenvalue weighted by atomic mass is 10.1. The maximum Gasteiger partial charge on any atom is 0.267 e. The molecule has 1 aromatic carbocycles. The number of benzene rings is 1. The fourth-order valence-electron chi connectivity index (χ4n) is 1.71. The van der Waals surface area contributed by atoms with Crippen molar-refractivity contribution in [2.45, 2.75) is 5.16 Å². The van der Waals surface area contributed by atoms with Gasteiger partial charge in [-0.3, -0.25) is 0 Å². The van der Waals surface area contributed by atoms with Crippen LogP contribution in [0.25, 0.3) is 22.2 Å². The van der Waals surface area contributed by atoms with Gasteiger partial charge in [0.05, 0.1) is 18.2 Å². The molecule has 0 amide bonds. The van der Waals surface area contributed by atoms with E-state index in [1.54, 1.807) is 18.4 Å². The lowest BCUT2D eigenvalue weighted by Gasteiger charge is -2.01. The highest BCUT2D eigenvalue weighted by Gasteiger charge is 2.13. The maximum atomic E-state index is 11.4. The van der Waals surface area contributed by atoms with Gasteiger partial charge in [0.25, 0.3) is 5.16 Å². The summed E-state index contributed by atoms with van der Waals surface area (Å²) in [6.07, 6.45) is 4.07. The lowest BCUT2D eigenvalue weighted by Crippen LogP contribution is -2.06. The van der Waals surface area contributed by atoms with Crippen LogP contribution in [-0.4, -0.2) is 29.9 Å². The van der Waals surface area contributed by atoms with Gasteiger partial charge in [0, 0.05) is 17.2 Å². The van der Waals surface area contributed by atoms with E-state index in [9.17, 15) is 8.42 Å². The van der Waals surface area contributed by atoms with Crippen LogP contribution in [0, 0.1) is 0 Å². The fourth-order valence-corrected chi connectivity index (χ4v) is 2.17. The summed E-state index contributed by atoms with van der Waals surface area (Å²) < 4.78 is 28.1. The lowest BCUT2D eigenvalue weighted by molar-refractivity contribution is 0.589. The molecule has 3 aromatic rings. The Balaban J connectivity index is 2.15. The fraction of sp³-hybridized carbons (Fsp3) is 0.0833. The average molecular weight is 275 g/mol. The van der Waals surface area contributed by atoms with Gasteiger partial charge in [-0.05, 0) is 24.3 Å². The smallest absolute Gasteiger partial charge is 0.267 e. The summed E-state index contributed by atoms with van der Waals surface area (Å²) in [5.41, 5.74) is 1.97. The molecule has 0 aliphatic heterocycles. The molecule has 0 saturated heterocycles. The molecule has 19 heavy (non-hydrogen) atoms. The van der Waals surface area contributed by atoms with Crippen LogP contribution in [0.4, 0.5) is 0 Å². The van der Waals surface area contributed by atoms with Crippen molar-refractivity contribution in [1.82, 2.24) is 15.2 Å². The zero-order chi connectivity index (χ0) is 13.5. The van der Waals surface area contributed by atoms with Crippen molar-refractivity contribution in [2.75, 3.05) is 6.26 Å². The predicted molar refractivity (Wildman–Crippen MR) is 68.1 cm³/mol. The van der Waals surface area contributed by atoms with E-state index in [1.807, 2.05) is 12.1 Å². The van der Waals surface area contributed by atoms with Crippen LogP contribution in [0.1, 0.15) is 0 Å². The number of rotatable bonds is 2. The second-order valence-corrected chi connectivity index (χ2v) is 5.98. The minimum absolute atomic E-state index is 0.280. The molecule has 3 rings (SSSR count). The second kappa shape index (κ2) is 4.13. The summed E-state index contributed by atoms with van der Waals surface area (Å²) in [5.74, 6) is 0. The van der Waals surface area contributed by atoms with E-state index < -0.39 is 9.84 Å². The Morgan fingerprint density at radius 3 is 2.84 bits per heavy atom. The summed E-state index contributed by atoms with van der Waals surface area (Å²) >= 11 is 0. The van der Waals surface area contributed by atoms with E-state index in [-0.39, 0.29) is 5.16 Å².